The third kappa shape index (κ3) is 3.28. The maximum Gasteiger partial charge on any atom is 0.253 e. The lowest BCUT2D eigenvalue weighted by Crippen LogP contribution is -2.31. The summed E-state index contributed by atoms with van der Waals surface area (Å²) in [6.45, 7) is 5.86. The van der Waals surface area contributed by atoms with Gasteiger partial charge in [-0.15, -0.1) is 12.4 Å². The first-order chi connectivity index (χ1) is 11.1. The summed E-state index contributed by atoms with van der Waals surface area (Å²) in [5.74, 6) is 2.08. The van der Waals surface area contributed by atoms with Gasteiger partial charge in [0.1, 0.15) is 0 Å². The topological polar surface area (TPSA) is 61.4 Å². The van der Waals surface area contributed by atoms with Crippen LogP contribution in [0.5, 0.6) is 0 Å². The number of likely N-dealkylation sites (tertiary alicyclic amines) is 1. The Kier molecular flexibility index (Phi) is 4.83. The fraction of sp³-hybridized carbons (Fsp3) is 0.556. The third-order valence-corrected chi connectivity index (χ3v) is 5.52. The Morgan fingerprint density at radius 3 is 2.25 bits per heavy atom. The van der Waals surface area contributed by atoms with E-state index in [-0.39, 0.29) is 30.1 Å². The average Bonchev–Trinajstić information content (AvgIpc) is 2.95. The van der Waals surface area contributed by atoms with Gasteiger partial charge in [0.25, 0.3) is 5.91 Å². The Balaban J connectivity index is 0.00000169. The molecule has 0 radical (unpaired) electrons. The van der Waals surface area contributed by atoms with Crippen molar-refractivity contribution in [3.8, 4) is 0 Å². The minimum atomic E-state index is 0. The molecule has 5 nitrogen and oxygen atoms in total. The molecule has 2 aliphatic heterocycles. The Morgan fingerprint density at radius 2 is 1.71 bits per heavy atom. The van der Waals surface area contributed by atoms with Crippen LogP contribution in [0.3, 0.4) is 0 Å². The largest absolute Gasteiger partial charge is 0.338 e. The van der Waals surface area contributed by atoms with E-state index < -0.39 is 0 Å². The van der Waals surface area contributed by atoms with Gasteiger partial charge in [0, 0.05) is 43.3 Å². The molecule has 2 unspecified atom stereocenters. The van der Waals surface area contributed by atoms with Crippen LogP contribution in [0.4, 0.5) is 5.69 Å². The molecular weight excluding hydrogens is 326 g/mol. The number of amides is 2. The van der Waals surface area contributed by atoms with Gasteiger partial charge in [0.05, 0.1) is 0 Å². The van der Waals surface area contributed by atoms with Gasteiger partial charge in [0.15, 0.2) is 0 Å². The van der Waals surface area contributed by atoms with Crippen molar-refractivity contribution >= 4 is 29.9 Å². The predicted molar refractivity (Wildman–Crippen MR) is 95.3 cm³/mol. The highest BCUT2D eigenvalue weighted by atomic mass is 35.5. The Labute approximate surface area is 148 Å². The van der Waals surface area contributed by atoms with Crippen molar-refractivity contribution in [2.45, 2.75) is 13.3 Å². The fourth-order valence-electron chi connectivity index (χ4n) is 3.82. The first-order valence-corrected chi connectivity index (χ1v) is 8.52. The van der Waals surface area contributed by atoms with Crippen molar-refractivity contribution < 1.29 is 9.59 Å². The van der Waals surface area contributed by atoms with Gasteiger partial charge < -0.3 is 15.5 Å². The number of fused-ring (bicyclic) bond motifs is 1. The van der Waals surface area contributed by atoms with Crippen LogP contribution in [-0.2, 0) is 4.79 Å². The summed E-state index contributed by atoms with van der Waals surface area (Å²) in [6.07, 6.45) is 0.981. The molecule has 1 aromatic rings. The van der Waals surface area contributed by atoms with Crippen LogP contribution < -0.4 is 10.6 Å². The lowest BCUT2D eigenvalue weighted by atomic mass is 10.0. The normalized spacial score (nSPS) is 30.5. The molecule has 2 heterocycles. The van der Waals surface area contributed by atoms with Crippen LogP contribution in [-0.4, -0.2) is 42.9 Å². The summed E-state index contributed by atoms with van der Waals surface area (Å²) in [4.78, 5) is 26.5. The molecule has 0 bridgehead atoms. The van der Waals surface area contributed by atoms with Crippen LogP contribution in [0, 0.1) is 23.7 Å². The van der Waals surface area contributed by atoms with E-state index in [1.165, 1.54) is 0 Å². The molecule has 0 aromatic heterocycles. The molecular formula is C18H24ClN3O2. The summed E-state index contributed by atoms with van der Waals surface area (Å²) in [6, 6.07) is 7.30. The third-order valence-electron chi connectivity index (χ3n) is 5.52. The van der Waals surface area contributed by atoms with Gasteiger partial charge in [-0.05, 0) is 48.4 Å². The minimum absolute atomic E-state index is 0. The summed E-state index contributed by atoms with van der Waals surface area (Å²) in [5.41, 5.74) is 1.48. The van der Waals surface area contributed by atoms with E-state index in [4.69, 9.17) is 0 Å². The van der Waals surface area contributed by atoms with Crippen LogP contribution in [0.2, 0.25) is 0 Å². The van der Waals surface area contributed by atoms with Gasteiger partial charge in [0.2, 0.25) is 5.91 Å². The summed E-state index contributed by atoms with van der Waals surface area (Å²) < 4.78 is 0. The Hall–Kier alpha value is -1.59. The average molecular weight is 350 g/mol. The fourth-order valence-corrected chi connectivity index (χ4v) is 3.82. The highest BCUT2D eigenvalue weighted by Crippen LogP contribution is 2.38. The van der Waals surface area contributed by atoms with Gasteiger partial charge in [-0.2, -0.15) is 0 Å². The van der Waals surface area contributed by atoms with E-state index in [0.717, 1.165) is 38.3 Å². The van der Waals surface area contributed by atoms with Crippen molar-refractivity contribution in [2.24, 2.45) is 23.7 Å². The van der Waals surface area contributed by atoms with Crippen molar-refractivity contribution in [2.75, 3.05) is 31.5 Å². The first-order valence-electron chi connectivity index (χ1n) is 8.52. The maximum atomic E-state index is 12.6. The second-order valence-corrected chi connectivity index (χ2v) is 7.27. The molecule has 4 atom stereocenters. The van der Waals surface area contributed by atoms with Crippen molar-refractivity contribution in [1.29, 1.82) is 0 Å². The highest BCUT2D eigenvalue weighted by Gasteiger charge is 2.39. The lowest BCUT2D eigenvalue weighted by Gasteiger charge is -2.17. The number of benzene rings is 1. The minimum Gasteiger partial charge on any atom is -0.338 e. The van der Waals surface area contributed by atoms with Gasteiger partial charge in [-0.1, -0.05) is 6.92 Å². The molecule has 6 heteroatoms. The maximum absolute atomic E-state index is 12.6. The molecule has 24 heavy (non-hydrogen) atoms. The van der Waals surface area contributed by atoms with E-state index >= 15 is 0 Å². The molecule has 3 aliphatic rings. The number of rotatable bonds is 3. The number of hydrogen-bond donors (Lipinski definition) is 2. The molecule has 130 valence electrons. The van der Waals surface area contributed by atoms with Crippen LogP contribution >= 0.6 is 12.4 Å². The molecule has 1 aliphatic carbocycles. The Morgan fingerprint density at radius 1 is 1.12 bits per heavy atom. The predicted octanol–water partition coefficient (Wildman–Crippen LogP) is 1.99. The Bertz CT molecular complexity index is 622. The number of nitrogens with one attached hydrogen (secondary N) is 2. The first kappa shape index (κ1) is 17.2. The number of nitrogens with zero attached hydrogens (tertiary/aromatic N) is 1. The van der Waals surface area contributed by atoms with Crippen LogP contribution in [0.15, 0.2) is 24.3 Å². The second kappa shape index (κ2) is 6.73. The quantitative estimate of drug-likeness (QED) is 0.877. The van der Waals surface area contributed by atoms with Crippen LogP contribution in [0.25, 0.3) is 0 Å². The zero-order chi connectivity index (χ0) is 16.0. The van der Waals surface area contributed by atoms with Gasteiger partial charge >= 0.3 is 0 Å². The SMILES string of the molecule is CC1CC1C(=O)Nc1ccc(C(=O)N2C[C@H]3CNC[C@H]3C2)cc1.Cl. The van der Waals surface area contributed by atoms with E-state index in [2.05, 4.69) is 17.6 Å². The molecule has 2 N–H and O–H groups in total. The molecule has 2 saturated heterocycles. The molecule has 1 aromatic carbocycles. The molecule has 3 fully saturated rings. The summed E-state index contributed by atoms with van der Waals surface area (Å²) in [5, 5.41) is 6.32. The number of carbonyl (C=O) groups excluding carboxylic acids is 2. The number of carbonyl (C=O) groups is 2. The van der Waals surface area contributed by atoms with E-state index in [0.29, 0.717) is 23.3 Å². The number of halogens is 1. The zero-order valence-corrected chi connectivity index (χ0v) is 14.6. The standard InChI is InChI=1S/C18H23N3O2.ClH/c1-11-6-16(11)17(22)20-15-4-2-12(3-5-15)18(23)21-9-13-7-19-8-14(13)10-21;/h2-5,11,13-14,16,19H,6-10H2,1H3,(H,20,22);1H/t11?,13-,14+,16?;. The second-order valence-electron chi connectivity index (χ2n) is 7.27. The molecule has 0 spiro atoms. The molecule has 1 saturated carbocycles. The van der Waals surface area contributed by atoms with Crippen LogP contribution in [0.1, 0.15) is 23.7 Å². The van der Waals surface area contributed by atoms with E-state index in [1.54, 1.807) is 0 Å². The summed E-state index contributed by atoms with van der Waals surface area (Å²) >= 11 is 0. The van der Waals surface area contributed by atoms with E-state index in [1.807, 2.05) is 29.2 Å². The van der Waals surface area contributed by atoms with Crippen molar-refractivity contribution in [3.05, 3.63) is 29.8 Å². The smallest absolute Gasteiger partial charge is 0.253 e. The summed E-state index contributed by atoms with van der Waals surface area (Å²) in [7, 11) is 0. The van der Waals surface area contributed by atoms with Gasteiger partial charge in [-0.3, -0.25) is 9.59 Å². The highest BCUT2D eigenvalue weighted by molar-refractivity contribution is 5.97. The van der Waals surface area contributed by atoms with Crippen molar-refractivity contribution in [1.82, 2.24) is 10.2 Å². The lowest BCUT2D eigenvalue weighted by molar-refractivity contribution is -0.117. The van der Waals surface area contributed by atoms with Crippen molar-refractivity contribution in [3.63, 3.8) is 0 Å². The number of anilines is 1. The number of hydrogen-bond acceptors (Lipinski definition) is 3. The van der Waals surface area contributed by atoms with E-state index in [9.17, 15) is 9.59 Å². The zero-order valence-electron chi connectivity index (χ0n) is 13.8. The van der Waals surface area contributed by atoms with Gasteiger partial charge in [-0.25, -0.2) is 0 Å². The monoisotopic (exact) mass is 349 g/mol. The molecule has 2 amide bonds. The molecule has 4 rings (SSSR count).